The average molecular weight is 220 g/mol. The van der Waals surface area contributed by atoms with E-state index in [4.69, 9.17) is 0 Å². The van der Waals surface area contributed by atoms with Crippen LogP contribution in [0.1, 0.15) is 27.3 Å². The molecule has 1 heterocycles. The predicted octanol–water partition coefficient (Wildman–Crippen LogP) is 3.22. The number of halogens is 1. The smallest absolute Gasteiger partial charge is 0.106 e. The summed E-state index contributed by atoms with van der Waals surface area (Å²) < 4.78 is 0. The summed E-state index contributed by atoms with van der Waals surface area (Å²) in [5, 5.41) is 1.18. The van der Waals surface area contributed by atoms with Crippen LogP contribution in [-0.2, 0) is 0 Å². The lowest BCUT2D eigenvalue weighted by Gasteiger charge is -1.92. The van der Waals surface area contributed by atoms with E-state index < -0.39 is 0 Å². The van der Waals surface area contributed by atoms with Crippen LogP contribution in [0.2, 0.25) is 0 Å². The second-order valence-electron chi connectivity index (χ2n) is 2.31. The highest BCUT2D eigenvalue weighted by Crippen LogP contribution is 2.27. The monoisotopic (exact) mass is 219 g/mol. The molecule has 0 aliphatic carbocycles. The van der Waals surface area contributed by atoms with Gasteiger partial charge in [0.2, 0.25) is 0 Å². The molecule has 0 aliphatic rings. The van der Waals surface area contributed by atoms with Gasteiger partial charge in [-0.1, -0.05) is 15.9 Å². The third-order valence-corrected chi connectivity index (χ3v) is 3.38. The maximum absolute atomic E-state index is 4.38. The van der Waals surface area contributed by atoms with E-state index in [-0.39, 0.29) is 0 Å². The van der Waals surface area contributed by atoms with Crippen molar-refractivity contribution in [2.45, 2.75) is 25.6 Å². The van der Waals surface area contributed by atoms with Crippen molar-refractivity contribution in [3.8, 4) is 0 Å². The molecule has 1 unspecified atom stereocenters. The van der Waals surface area contributed by atoms with Crippen LogP contribution in [0.3, 0.4) is 0 Å². The van der Waals surface area contributed by atoms with Crippen LogP contribution in [0, 0.1) is 13.8 Å². The van der Waals surface area contributed by atoms with E-state index in [9.17, 15) is 0 Å². The van der Waals surface area contributed by atoms with Gasteiger partial charge in [-0.05, 0) is 20.8 Å². The van der Waals surface area contributed by atoms with Gasteiger partial charge in [0, 0.05) is 4.88 Å². The molecule has 1 nitrogen and oxygen atoms in total. The molecule has 0 aromatic carbocycles. The van der Waals surface area contributed by atoms with Crippen molar-refractivity contribution < 1.29 is 0 Å². The number of nitrogens with zero attached hydrogens (tertiary/aromatic N) is 1. The summed E-state index contributed by atoms with van der Waals surface area (Å²) in [7, 11) is 0. The molecule has 0 fully saturated rings. The zero-order valence-corrected chi connectivity index (χ0v) is 8.71. The Morgan fingerprint density at radius 1 is 1.50 bits per heavy atom. The van der Waals surface area contributed by atoms with Gasteiger partial charge in [-0.2, -0.15) is 0 Å². The zero-order valence-electron chi connectivity index (χ0n) is 6.31. The zero-order chi connectivity index (χ0) is 7.72. The lowest BCUT2D eigenvalue weighted by Crippen LogP contribution is -1.80. The number of thiazole rings is 1. The summed E-state index contributed by atoms with van der Waals surface area (Å²) in [4.78, 5) is 6.10. The van der Waals surface area contributed by atoms with Crippen molar-refractivity contribution in [3.05, 3.63) is 15.6 Å². The number of hydrogen-bond donors (Lipinski definition) is 0. The maximum atomic E-state index is 4.38. The molecule has 1 atom stereocenters. The summed E-state index contributed by atoms with van der Waals surface area (Å²) in [5.41, 5.74) is 1.16. The third-order valence-electron chi connectivity index (χ3n) is 1.39. The normalized spacial score (nSPS) is 13.6. The molecular formula is C7H10BrNS. The van der Waals surface area contributed by atoms with E-state index in [1.165, 1.54) is 9.88 Å². The Morgan fingerprint density at radius 3 is 2.30 bits per heavy atom. The Kier molecular flexibility index (Phi) is 2.47. The van der Waals surface area contributed by atoms with Crippen LogP contribution in [-0.4, -0.2) is 4.98 Å². The van der Waals surface area contributed by atoms with Crippen LogP contribution in [0.15, 0.2) is 0 Å². The first kappa shape index (κ1) is 8.21. The summed E-state index contributed by atoms with van der Waals surface area (Å²) in [6, 6.07) is 0. The molecule has 0 saturated carbocycles. The van der Waals surface area contributed by atoms with Gasteiger partial charge in [-0.15, -0.1) is 11.3 Å². The number of aromatic nitrogens is 1. The molecule has 1 aromatic rings. The number of rotatable bonds is 1. The maximum Gasteiger partial charge on any atom is 0.106 e. The molecule has 0 spiro atoms. The molecule has 0 bridgehead atoms. The van der Waals surface area contributed by atoms with E-state index in [0.717, 1.165) is 5.69 Å². The van der Waals surface area contributed by atoms with Gasteiger partial charge in [0.1, 0.15) is 5.01 Å². The number of aryl methyl sites for hydroxylation is 2. The lowest BCUT2D eigenvalue weighted by atomic mass is 10.4. The van der Waals surface area contributed by atoms with E-state index in [1.807, 2.05) is 6.92 Å². The second-order valence-corrected chi connectivity index (χ2v) is 4.92. The Balaban J connectivity index is 2.98. The Hall–Kier alpha value is 0.110. The summed E-state index contributed by atoms with van der Waals surface area (Å²) in [5.74, 6) is 0. The topological polar surface area (TPSA) is 12.9 Å². The van der Waals surface area contributed by atoms with E-state index >= 15 is 0 Å². The SMILES string of the molecule is Cc1nc(C(C)Br)sc1C. The van der Waals surface area contributed by atoms with Crippen molar-refractivity contribution in [1.29, 1.82) is 0 Å². The van der Waals surface area contributed by atoms with Gasteiger partial charge in [-0.3, -0.25) is 0 Å². The Morgan fingerprint density at radius 2 is 2.10 bits per heavy atom. The van der Waals surface area contributed by atoms with Gasteiger partial charge in [0.05, 0.1) is 10.5 Å². The van der Waals surface area contributed by atoms with Gasteiger partial charge >= 0.3 is 0 Å². The Bertz CT molecular complexity index is 210. The highest BCUT2D eigenvalue weighted by Gasteiger charge is 2.07. The summed E-state index contributed by atoms with van der Waals surface area (Å²) in [6.45, 7) is 6.24. The fourth-order valence-electron chi connectivity index (χ4n) is 0.668. The van der Waals surface area contributed by atoms with E-state index in [2.05, 4.69) is 34.8 Å². The lowest BCUT2D eigenvalue weighted by molar-refractivity contribution is 1.05. The average Bonchev–Trinajstić information content (AvgIpc) is 2.13. The van der Waals surface area contributed by atoms with Gasteiger partial charge < -0.3 is 0 Å². The minimum Gasteiger partial charge on any atom is -0.245 e. The first-order valence-corrected chi connectivity index (χ1v) is 4.92. The van der Waals surface area contributed by atoms with Crippen LogP contribution in [0.5, 0.6) is 0 Å². The third kappa shape index (κ3) is 1.58. The highest BCUT2D eigenvalue weighted by atomic mass is 79.9. The number of hydrogen-bond acceptors (Lipinski definition) is 2. The van der Waals surface area contributed by atoms with Crippen molar-refractivity contribution in [2.75, 3.05) is 0 Å². The van der Waals surface area contributed by atoms with E-state index in [1.54, 1.807) is 11.3 Å². The molecule has 10 heavy (non-hydrogen) atoms. The quantitative estimate of drug-likeness (QED) is 0.662. The van der Waals surface area contributed by atoms with Crippen molar-refractivity contribution >= 4 is 27.3 Å². The van der Waals surface area contributed by atoms with Crippen molar-refractivity contribution in [2.24, 2.45) is 0 Å². The first-order chi connectivity index (χ1) is 4.61. The van der Waals surface area contributed by atoms with Crippen molar-refractivity contribution in [1.82, 2.24) is 4.98 Å². The predicted molar refractivity (Wildman–Crippen MR) is 48.9 cm³/mol. The summed E-state index contributed by atoms with van der Waals surface area (Å²) in [6.07, 6.45) is 0. The van der Waals surface area contributed by atoms with Crippen LogP contribution < -0.4 is 0 Å². The van der Waals surface area contributed by atoms with Gasteiger partial charge in [0.25, 0.3) is 0 Å². The molecule has 0 radical (unpaired) electrons. The summed E-state index contributed by atoms with van der Waals surface area (Å²) >= 11 is 5.24. The largest absolute Gasteiger partial charge is 0.245 e. The molecule has 1 aromatic heterocycles. The van der Waals surface area contributed by atoms with Crippen LogP contribution in [0.25, 0.3) is 0 Å². The van der Waals surface area contributed by atoms with Crippen LogP contribution in [0.4, 0.5) is 0 Å². The highest BCUT2D eigenvalue weighted by molar-refractivity contribution is 9.09. The molecule has 3 heteroatoms. The van der Waals surface area contributed by atoms with E-state index in [0.29, 0.717) is 4.83 Å². The molecule has 0 amide bonds. The minimum atomic E-state index is 0.393. The Labute approximate surface area is 73.6 Å². The molecule has 1 rings (SSSR count). The molecule has 56 valence electrons. The molecule has 0 N–H and O–H groups in total. The van der Waals surface area contributed by atoms with Crippen molar-refractivity contribution in [3.63, 3.8) is 0 Å². The molecule has 0 saturated heterocycles. The van der Waals surface area contributed by atoms with Gasteiger partial charge in [-0.25, -0.2) is 4.98 Å². The molecular weight excluding hydrogens is 210 g/mol. The van der Waals surface area contributed by atoms with Crippen LogP contribution >= 0.6 is 27.3 Å². The fourth-order valence-corrected chi connectivity index (χ4v) is 1.90. The second kappa shape index (κ2) is 3.01. The number of alkyl halides is 1. The standard InChI is InChI=1S/C7H10BrNS/c1-4(8)7-9-5(2)6(3)10-7/h4H,1-3H3. The first-order valence-electron chi connectivity index (χ1n) is 3.19. The fraction of sp³-hybridized carbons (Fsp3) is 0.571. The molecule has 0 aliphatic heterocycles. The minimum absolute atomic E-state index is 0.393. The van der Waals surface area contributed by atoms with Gasteiger partial charge in [0.15, 0.2) is 0 Å².